The Labute approximate surface area is 220 Å². The summed E-state index contributed by atoms with van der Waals surface area (Å²) < 4.78 is 43.7. The van der Waals surface area contributed by atoms with Gasteiger partial charge < -0.3 is 0 Å². The van der Waals surface area contributed by atoms with Crippen LogP contribution >= 0.6 is 11.6 Å². The highest BCUT2D eigenvalue weighted by atomic mass is 35.5. The minimum atomic E-state index is -1.63. The highest BCUT2D eigenvalue weighted by Gasteiger charge is 2.50. The third kappa shape index (κ3) is 5.24. The molecule has 0 aliphatic heterocycles. The third-order valence-electron chi connectivity index (χ3n) is 6.44. The predicted molar refractivity (Wildman–Crippen MR) is 143 cm³/mol. The maximum atomic E-state index is 15.6. The quantitative estimate of drug-likeness (QED) is 0.354. The molecule has 0 spiro atoms. The zero-order valence-corrected chi connectivity index (χ0v) is 22.2. The molecule has 2 aromatic heterocycles. The zero-order chi connectivity index (χ0) is 26.9. The molecule has 1 aliphatic rings. The summed E-state index contributed by atoms with van der Waals surface area (Å²) in [6.45, 7) is 5.41. The lowest BCUT2D eigenvalue weighted by molar-refractivity contribution is 0.591. The molecule has 4 atom stereocenters. The molecule has 3 unspecified atom stereocenters. The number of rotatable bonds is 7. The van der Waals surface area contributed by atoms with E-state index < -0.39 is 28.0 Å². The van der Waals surface area contributed by atoms with Crippen molar-refractivity contribution >= 4 is 34.3 Å². The lowest BCUT2D eigenvalue weighted by Crippen LogP contribution is -2.21. The van der Waals surface area contributed by atoms with Crippen LogP contribution in [0, 0.1) is 18.7 Å². The van der Waals surface area contributed by atoms with Crippen molar-refractivity contribution in [3.05, 3.63) is 105 Å². The Bertz CT molecular complexity index is 1520. The van der Waals surface area contributed by atoms with E-state index in [1.54, 1.807) is 32.2 Å². The average Bonchev–Trinajstić information content (AvgIpc) is 3.55. The predicted octanol–water partition coefficient (Wildman–Crippen LogP) is 5.78. The molecular formula is C27H25ClF2N4O2S. The summed E-state index contributed by atoms with van der Waals surface area (Å²) in [5, 5.41) is -0.00967. The molecule has 37 heavy (non-hydrogen) atoms. The number of benzene rings is 1. The van der Waals surface area contributed by atoms with Gasteiger partial charge in [0.2, 0.25) is 0 Å². The number of nitrogens with zero attached hydrogens (tertiary/aromatic N) is 4. The number of allylic oxidation sites excluding steroid dienone is 2. The van der Waals surface area contributed by atoms with Crippen molar-refractivity contribution in [1.82, 2.24) is 14.5 Å². The molecule has 4 rings (SSSR count). The summed E-state index contributed by atoms with van der Waals surface area (Å²) in [5.41, 5.74) is 0.897. The van der Waals surface area contributed by atoms with E-state index >= 15 is 8.78 Å². The number of aryl methyl sites for hydroxylation is 1. The third-order valence-corrected chi connectivity index (χ3v) is 7.75. The maximum Gasteiger partial charge on any atom is 0.273 e. The Morgan fingerprint density at radius 1 is 1.27 bits per heavy atom. The summed E-state index contributed by atoms with van der Waals surface area (Å²) >= 11 is 6.51. The van der Waals surface area contributed by atoms with Gasteiger partial charge in [-0.25, -0.2) is 18.7 Å². The lowest BCUT2D eigenvalue weighted by Gasteiger charge is -2.12. The highest BCUT2D eigenvalue weighted by Crippen LogP contribution is 2.60. The smallest absolute Gasteiger partial charge is 0.273 e. The minimum Gasteiger partial charge on any atom is -0.284 e. The first-order valence-electron chi connectivity index (χ1n) is 11.5. The molecule has 0 N–H and O–H groups in total. The van der Waals surface area contributed by atoms with Crippen molar-refractivity contribution < 1.29 is 13.0 Å². The molecule has 1 aromatic carbocycles. The first-order chi connectivity index (χ1) is 17.7. The van der Waals surface area contributed by atoms with Crippen LogP contribution < -0.4 is 5.56 Å². The summed E-state index contributed by atoms with van der Waals surface area (Å²) in [7, 11) is -1.63. The molecule has 6 nitrogen and oxygen atoms in total. The topological polar surface area (TPSA) is 77.2 Å². The van der Waals surface area contributed by atoms with E-state index in [9.17, 15) is 9.00 Å². The van der Waals surface area contributed by atoms with Gasteiger partial charge in [-0.2, -0.15) is 0 Å². The van der Waals surface area contributed by atoms with Crippen LogP contribution in [-0.4, -0.2) is 30.7 Å². The zero-order valence-electron chi connectivity index (χ0n) is 20.7. The molecule has 0 bridgehead atoms. The highest BCUT2D eigenvalue weighted by molar-refractivity contribution is 7.84. The molecule has 1 aliphatic carbocycles. The molecular weight excluding hydrogens is 518 g/mol. The largest absolute Gasteiger partial charge is 0.284 e. The van der Waals surface area contributed by atoms with Gasteiger partial charge in [-0.15, -0.1) is 0 Å². The van der Waals surface area contributed by atoms with E-state index in [1.807, 2.05) is 6.07 Å². The number of hydrogen-bond donors (Lipinski definition) is 0. The van der Waals surface area contributed by atoms with Gasteiger partial charge in [-0.1, -0.05) is 30.7 Å². The van der Waals surface area contributed by atoms with Crippen LogP contribution in [0.2, 0.25) is 5.02 Å². The van der Waals surface area contributed by atoms with Gasteiger partial charge in [-0.05, 0) is 55.5 Å². The second-order valence-corrected chi connectivity index (χ2v) is 10.5. The van der Waals surface area contributed by atoms with Crippen molar-refractivity contribution in [3.8, 4) is 0 Å². The van der Waals surface area contributed by atoms with Crippen molar-refractivity contribution in [2.45, 2.75) is 37.5 Å². The van der Waals surface area contributed by atoms with Gasteiger partial charge in [0.05, 0.1) is 21.9 Å². The van der Waals surface area contributed by atoms with Crippen LogP contribution in [0.3, 0.4) is 0 Å². The fourth-order valence-corrected chi connectivity index (χ4v) is 5.44. The maximum absolute atomic E-state index is 15.6. The SMILES string of the molecule is C/C=C/N=C(/C(F)=C/n1c(C)cc(C2C(c3ccncn3)[C@H]2C)c(Cl)c1=O)c1cccc(S(C)=O)c1F. The second kappa shape index (κ2) is 11.0. The van der Waals surface area contributed by atoms with Crippen molar-refractivity contribution in [3.63, 3.8) is 0 Å². The monoisotopic (exact) mass is 542 g/mol. The standard InChI is InChI=1S/C27H25ClF2N4O2S/c1-5-10-32-26(17-7-6-8-21(25(17)30)37(4)36)19(29)13-34-15(2)12-18(24(28)27(34)35)22-16(3)23(22)20-9-11-31-14-33-20/h5-14,16,22-23H,1-4H3/b10-5+,19-13-,32-26+/t16-,22?,23?,37?/m0/s1. The Kier molecular flexibility index (Phi) is 7.94. The fraction of sp³-hybridized carbons (Fsp3) is 0.259. The van der Waals surface area contributed by atoms with Gasteiger partial charge in [0.25, 0.3) is 5.56 Å². The van der Waals surface area contributed by atoms with E-state index in [1.165, 1.54) is 37.0 Å². The molecule has 0 radical (unpaired) electrons. The molecule has 192 valence electrons. The normalized spacial score (nSPS) is 20.9. The first-order valence-corrected chi connectivity index (χ1v) is 13.5. The molecule has 3 aromatic rings. The lowest BCUT2D eigenvalue weighted by atomic mass is 10.1. The number of aliphatic imine (C=N–C) groups is 1. The molecule has 0 amide bonds. The number of halogens is 3. The van der Waals surface area contributed by atoms with E-state index in [0.717, 1.165) is 16.5 Å². The first kappa shape index (κ1) is 26.8. The summed E-state index contributed by atoms with van der Waals surface area (Å²) in [4.78, 5) is 25.5. The van der Waals surface area contributed by atoms with E-state index in [2.05, 4.69) is 21.9 Å². The molecule has 0 saturated heterocycles. The van der Waals surface area contributed by atoms with Gasteiger partial charge >= 0.3 is 0 Å². The Morgan fingerprint density at radius 3 is 2.68 bits per heavy atom. The fourth-order valence-electron chi connectivity index (χ4n) is 4.54. The number of hydrogen-bond acceptors (Lipinski definition) is 5. The van der Waals surface area contributed by atoms with Crippen LogP contribution in [0.5, 0.6) is 0 Å². The molecule has 2 heterocycles. The van der Waals surface area contributed by atoms with Crippen molar-refractivity contribution in [2.75, 3.05) is 6.26 Å². The van der Waals surface area contributed by atoms with Crippen LogP contribution in [-0.2, 0) is 10.8 Å². The number of pyridine rings is 1. The Hall–Kier alpha value is -3.30. The minimum absolute atomic E-state index is 0.00385. The number of aromatic nitrogens is 3. The van der Waals surface area contributed by atoms with E-state index in [0.29, 0.717) is 11.3 Å². The summed E-state index contributed by atoms with van der Waals surface area (Å²) in [6.07, 6.45) is 8.31. The van der Waals surface area contributed by atoms with Gasteiger partial charge in [0.15, 0.2) is 5.83 Å². The van der Waals surface area contributed by atoms with E-state index in [4.69, 9.17) is 11.6 Å². The molecule has 1 saturated carbocycles. The average molecular weight is 543 g/mol. The second-order valence-electron chi connectivity index (χ2n) is 8.78. The van der Waals surface area contributed by atoms with Crippen molar-refractivity contribution in [1.29, 1.82) is 0 Å². The Balaban J connectivity index is 1.76. The van der Waals surface area contributed by atoms with Crippen LogP contribution in [0.15, 0.2) is 75.6 Å². The summed E-state index contributed by atoms with van der Waals surface area (Å²) in [6, 6.07) is 7.79. The van der Waals surface area contributed by atoms with Gasteiger partial charge in [0, 0.05) is 41.5 Å². The van der Waals surface area contributed by atoms with Crippen molar-refractivity contribution in [2.24, 2.45) is 10.9 Å². The van der Waals surface area contributed by atoms with E-state index in [-0.39, 0.29) is 38.9 Å². The van der Waals surface area contributed by atoms with Crippen LogP contribution in [0.25, 0.3) is 6.20 Å². The van der Waals surface area contributed by atoms with Crippen LogP contribution in [0.4, 0.5) is 8.78 Å². The van der Waals surface area contributed by atoms with Crippen LogP contribution in [0.1, 0.15) is 48.2 Å². The summed E-state index contributed by atoms with van der Waals surface area (Å²) in [5.74, 6) is -1.49. The molecule has 10 heteroatoms. The Morgan fingerprint density at radius 2 is 2.03 bits per heavy atom. The molecule has 1 fully saturated rings. The van der Waals surface area contributed by atoms with Gasteiger partial charge in [0.1, 0.15) is 22.9 Å². The van der Waals surface area contributed by atoms with Gasteiger partial charge in [-0.3, -0.25) is 18.6 Å².